The van der Waals surface area contributed by atoms with Crippen molar-refractivity contribution < 1.29 is 19.4 Å². The molecule has 0 fully saturated rings. The van der Waals surface area contributed by atoms with Gasteiger partial charge >= 0.3 is 0 Å². The lowest BCUT2D eigenvalue weighted by Crippen LogP contribution is -2.34. The molecule has 122 valence electrons. The van der Waals surface area contributed by atoms with E-state index in [1.165, 1.54) is 36.4 Å². The first-order valence-electron chi connectivity index (χ1n) is 7.45. The predicted octanol–water partition coefficient (Wildman–Crippen LogP) is 2.70. The Hall–Kier alpha value is -2.40. The van der Waals surface area contributed by atoms with Gasteiger partial charge in [-0.15, -0.1) is 0 Å². The SMILES string of the molecule is CC(CC(O)c1ccc(F)cc1)NC(=O)Cc1ccc(O)cc1. The largest absolute Gasteiger partial charge is 0.508 e. The number of rotatable bonds is 6. The lowest BCUT2D eigenvalue weighted by molar-refractivity contribution is -0.121. The molecule has 0 radical (unpaired) electrons. The van der Waals surface area contributed by atoms with Gasteiger partial charge in [-0.2, -0.15) is 0 Å². The summed E-state index contributed by atoms with van der Waals surface area (Å²) in [5.74, 6) is -0.351. The highest BCUT2D eigenvalue weighted by Gasteiger charge is 2.14. The number of carbonyl (C=O) groups excluding carboxylic acids is 1. The second-order valence-electron chi connectivity index (χ2n) is 5.61. The number of halogens is 1. The number of benzene rings is 2. The predicted molar refractivity (Wildman–Crippen MR) is 85.4 cm³/mol. The van der Waals surface area contributed by atoms with Crippen LogP contribution in [0.3, 0.4) is 0 Å². The maximum atomic E-state index is 12.9. The zero-order valence-electron chi connectivity index (χ0n) is 12.9. The topological polar surface area (TPSA) is 69.6 Å². The Morgan fingerprint density at radius 1 is 1.13 bits per heavy atom. The summed E-state index contributed by atoms with van der Waals surface area (Å²) in [6.07, 6.45) is -0.218. The quantitative estimate of drug-likeness (QED) is 0.767. The number of aromatic hydroxyl groups is 1. The summed E-state index contributed by atoms with van der Waals surface area (Å²) in [5.41, 5.74) is 1.41. The lowest BCUT2D eigenvalue weighted by Gasteiger charge is -2.18. The minimum absolute atomic E-state index is 0.157. The monoisotopic (exact) mass is 317 g/mol. The van der Waals surface area contributed by atoms with Crippen molar-refractivity contribution in [2.75, 3.05) is 0 Å². The van der Waals surface area contributed by atoms with Crippen molar-refractivity contribution in [3.8, 4) is 5.75 Å². The minimum atomic E-state index is -0.764. The fraction of sp³-hybridized carbons (Fsp3) is 0.278. The van der Waals surface area contributed by atoms with E-state index in [4.69, 9.17) is 0 Å². The highest BCUT2D eigenvalue weighted by atomic mass is 19.1. The maximum Gasteiger partial charge on any atom is 0.224 e. The molecule has 0 saturated heterocycles. The van der Waals surface area contributed by atoms with Crippen LogP contribution >= 0.6 is 0 Å². The zero-order chi connectivity index (χ0) is 16.8. The van der Waals surface area contributed by atoms with Crippen LogP contribution in [0.4, 0.5) is 4.39 Å². The van der Waals surface area contributed by atoms with Gasteiger partial charge in [0.1, 0.15) is 11.6 Å². The summed E-state index contributed by atoms with van der Waals surface area (Å²) in [5, 5.41) is 22.1. The van der Waals surface area contributed by atoms with Crippen LogP contribution in [0.2, 0.25) is 0 Å². The van der Waals surface area contributed by atoms with E-state index in [9.17, 15) is 19.4 Å². The normalized spacial score (nSPS) is 13.3. The Morgan fingerprint density at radius 3 is 2.35 bits per heavy atom. The van der Waals surface area contributed by atoms with E-state index in [0.29, 0.717) is 12.0 Å². The molecule has 0 aromatic heterocycles. The maximum absolute atomic E-state index is 12.9. The molecule has 2 aromatic rings. The molecule has 4 nitrogen and oxygen atoms in total. The van der Waals surface area contributed by atoms with Gasteiger partial charge in [0.05, 0.1) is 12.5 Å². The Kier molecular flexibility index (Phi) is 5.71. The summed E-state index contributed by atoms with van der Waals surface area (Å²) >= 11 is 0. The number of hydrogen-bond acceptors (Lipinski definition) is 3. The smallest absolute Gasteiger partial charge is 0.224 e. The Labute approximate surface area is 134 Å². The molecule has 0 aliphatic heterocycles. The molecule has 0 heterocycles. The second kappa shape index (κ2) is 7.74. The molecular formula is C18H20FNO3. The third-order valence-corrected chi connectivity index (χ3v) is 3.54. The van der Waals surface area contributed by atoms with E-state index >= 15 is 0 Å². The molecule has 5 heteroatoms. The van der Waals surface area contributed by atoms with E-state index in [1.54, 1.807) is 12.1 Å². The molecular weight excluding hydrogens is 297 g/mol. The fourth-order valence-electron chi connectivity index (χ4n) is 2.34. The molecule has 2 unspecified atom stereocenters. The van der Waals surface area contributed by atoms with Crippen molar-refractivity contribution in [2.45, 2.75) is 31.9 Å². The van der Waals surface area contributed by atoms with Gasteiger partial charge in [0, 0.05) is 6.04 Å². The standard InChI is InChI=1S/C18H20FNO3/c1-12(10-17(22)14-4-6-15(19)7-5-14)20-18(23)11-13-2-8-16(21)9-3-13/h2-9,12,17,21-22H,10-11H2,1H3,(H,20,23). The van der Waals surface area contributed by atoms with Crippen LogP contribution < -0.4 is 5.32 Å². The van der Waals surface area contributed by atoms with E-state index < -0.39 is 6.10 Å². The molecule has 3 N–H and O–H groups in total. The van der Waals surface area contributed by atoms with Gasteiger partial charge in [-0.25, -0.2) is 4.39 Å². The minimum Gasteiger partial charge on any atom is -0.508 e. The number of phenolic OH excluding ortho intramolecular Hbond substituents is 1. The highest BCUT2D eigenvalue weighted by molar-refractivity contribution is 5.78. The number of amides is 1. The highest BCUT2D eigenvalue weighted by Crippen LogP contribution is 2.18. The molecule has 2 aromatic carbocycles. The Balaban J connectivity index is 1.83. The van der Waals surface area contributed by atoms with Crippen LogP contribution in [-0.4, -0.2) is 22.2 Å². The van der Waals surface area contributed by atoms with Crippen LogP contribution in [-0.2, 0) is 11.2 Å². The first-order valence-corrected chi connectivity index (χ1v) is 7.45. The Morgan fingerprint density at radius 2 is 1.74 bits per heavy atom. The third kappa shape index (κ3) is 5.38. The number of phenols is 1. The molecule has 1 amide bonds. The fourth-order valence-corrected chi connectivity index (χ4v) is 2.34. The number of nitrogens with one attached hydrogen (secondary N) is 1. The van der Waals surface area contributed by atoms with Crippen molar-refractivity contribution in [3.05, 3.63) is 65.5 Å². The molecule has 0 saturated carbocycles. The van der Waals surface area contributed by atoms with Gasteiger partial charge in [0.15, 0.2) is 0 Å². The first kappa shape index (κ1) is 17.0. The first-order chi connectivity index (χ1) is 10.9. The summed E-state index contributed by atoms with van der Waals surface area (Å²) in [6, 6.07) is 11.9. The van der Waals surface area contributed by atoms with Crippen LogP contribution in [0.5, 0.6) is 5.75 Å². The van der Waals surface area contributed by atoms with Crippen LogP contribution in [0.15, 0.2) is 48.5 Å². The van der Waals surface area contributed by atoms with Crippen molar-refractivity contribution in [1.82, 2.24) is 5.32 Å². The molecule has 23 heavy (non-hydrogen) atoms. The number of hydrogen-bond donors (Lipinski definition) is 3. The average molecular weight is 317 g/mol. The number of carbonyl (C=O) groups is 1. The molecule has 2 atom stereocenters. The van der Waals surface area contributed by atoms with Crippen molar-refractivity contribution in [3.63, 3.8) is 0 Å². The summed E-state index contributed by atoms with van der Waals surface area (Å²) in [7, 11) is 0. The molecule has 0 aliphatic carbocycles. The number of aliphatic hydroxyl groups is 1. The summed E-state index contributed by atoms with van der Waals surface area (Å²) in [4.78, 5) is 12.0. The van der Waals surface area contributed by atoms with Crippen LogP contribution in [0.1, 0.15) is 30.6 Å². The van der Waals surface area contributed by atoms with Gasteiger partial charge in [0.2, 0.25) is 5.91 Å². The molecule has 0 spiro atoms. The summed E-state index contributed by atoms with van der Waals surface area (Å²) in [6.45, 7) is 1.81. The van der Waals surface area contributed by atoms with Crippen molar-refractivity contribution in [2.24, 2.45) is 0 Å². The van der Waals surface area contributed by atoms with Gasteiger partial charge in [-0.3, -0.25) is 4.79 Å². The molecule has 2 rings (SSSR count). The van der Waals surface area contributed by atoms with Gasteiger partial charge in [-0.05, 0) is 48.7 Å². The zero-order valence-corrected chi connectivity index (χ0v) is 12.9. The van der Waals surface area contributed by atoms with Crippen molar-refractivity contribution >= 4 is 5.91 Å². The van der Waals surface area contributed by atoms with Gasteiger partial charge < -0.3 is 15.5 Å². The third-order valence-electron chi connectivity index (χ3n) is 3.54. The van der Waals surface area contributed by atoms with Crippen LogP contribution in [0, 0.1) is 5.82 Å². The second-order valence-corrected chi connectivity index (χ2v) is 5.61. The van der Waals surface area contributed by atoms with Gasteiger partial charge in [0.25, 0.3) is 0 Å². The van der Waals surface area contributed by atoms with Crippen molar-refractivity contribution in [1.29, 1.82) is 0 Å². The van der Waals surface area contributed by atoms with E-state index in [0.717, 1.165) is 5.56 Å². The average Bonchev–Trinajstić information content (AvgIpc) is 2.50. The van der Waals surface area contributed by atoms with E-state index in [2.05, 4.69) is 5.32 Å². The molecule has 0 bridgehead atoms. The lowest BCUT2D eigenvalue weighted by atomic mass is 10.0. The summed E-state index contributed by atoms with van der Waals surface area (Å²) < 4.78 is 12.9. The van der Waals surface area contributed by atoms with E-state index in [1.807, 2.05) is 6.92 Å². The molecule has 0 aliphatic rings. The number of aliphatic hydroxyl groups excluding tert-OH is 1. The van der Waals surface area contributed by atoms with E-state index in [-0.39, 0.29) is 29.9 Å². The van der Waals surface area contributed by atoms with Crippen LogP contribution in [0.25, 0.3) is 0 Å². The van der Waals surface area contributed by atoms with Gasteiger partial charge in [-0.1, -0.05) is 24.3 Å². The Bertz CT molecular complexity index is 640.